The van der Waals surface area contributed by atoms with Crippen LogP contribution in [0.5, 0.6) is 23.0 Å². The molecule has 2 aromatic rings. The number of aromatic hydroxyl groups is 4. The van der Waals surface area contributed by atoms with Gasteiger partial charge in [-0.1, -0.05) is 12.1 Å². The maximum absolute atomic E-state index is 13.0. The number of allylic oxidation sites excluding steroid dienone is 2. The summed E-state index contributed by atoms with van der Waals surface area (Å²) in [5.74, 6) is -2.71. The molecule has 1 aliphatic rings. The molecule has 2 aromatic carbocycles. The Balaban J connectivity index is 1.99. The summed E-state index contributed by atoms with van der Waals surface area (Å²) in [6.45, 7) is 0. The third kappa shape index (κ3) is 4.76. The number of hydrogen-bond acceptors (Lipinski definition) is 6. The summed E-state index contributed by atoms with van der Waals surface area (Å²) in [5.41, 5.74) is 1.78. The van der Waals surface area contributed by atoms with Crippen LogP contribution in [-0.2, 0) is 9.59 Å². The number of carbonyl (C=O) groups is 2. The summed E-state index contributed by atoms with van der Waals surface area (Å²) in [7, 11) is 0. The van der Waals surface area contributed by atoms with Gasteiger partial charge in [0, 0.05) is 17.6 Å². The van der Waals surface area contributed by atoms with Crippen molar-refractivity contribution >= 4 is 23.9 Å². The molecule has 1 fully saturated rings. The predicted octanol–water partition coefficient (Wildman–Crippen LogP) is 3.43. The normalized spacial score (nSPS) is 19.6. The highest BCUT2D eigenvalue weighted by Gasteiger charge is 2.29. The van der Waals surface area contributed by atoms with Crippen molar-refractivity contribution in [1.82, 2.24) is 0 Å². The van der Waals surface area contributed by atoms with Crippen molar-refractivity contribution in [2.75, 3.05) is 0 Å². The quantitative estimate of drug-likeness (QED) is 0.395. The third-order valence-electron chi connectivity index (χ3n) is 4.74. The minimum absolute atomic E-state index is 0.108. The molecule has 0 heterocycles. The van der Waals surface area contributed by atoms with Gasteiger partial charge in [-0.25, -0.2) is 0 Å². The number of carboxylic acids is 1. The van der Waals surface area contributed by atoms with Gasteiger partial charge in [-0.15, -0.1) is 0 Å². The molecular weight excluding hydrogens is 376 g/mol. The first-order chi connectivity index (χ1) is 13.7. The molecule has 0 aromatic heterocycles. The van der Waals surface area contributed by atoms with E-state index in [2.05, 4.69) is 0 Å². The Morgan fingerprint density at radius 2 is 1.28 bits per heavy atom. The second-order valence-corrected chi connectivity index (χ2v) is 7.04. The zero-order chi connectivity index (χ0) is 21.1. The maximum Gasteiger partial charge on any atom is 0.303 e. The lowest BCUT2D eigenvalue weighted by atomic mass is 9.78. The number of rotatable bonds is 4. The first kappa shape index (κ1) is 20.0. The van der Waals surface area contributed by atoms with Crippen LogP contribution in [0.2, 0.25) is 0 Å². The third-order valence-corrected chi connectivity index (χ3v) is 4.74. The lowest BCUT2D eigenvalue weighted by molar-refractivity contribution is -0.138. The lowest BCUT2D eigenvalue weighted by Gasteiger charge is -2.24. The number of phenols is 4. The number of hydrogen-bond donors (Lipinski definition) is 5. The van der Waals surface area contributed by atoms with Crippen LogP contribution in [0.4, 0.5) is 0 Å². The summed E-state index contributed by atoms with van der Waals surface area (Å²) in [4.78, 5) is 24.2. The first-order valence-corrected chi connectivity index (χ1v) is 8.94. The van der Waals surface area contributed by atoms with E-state index in [1.807, 2.05) is 0 Å². The minimum Gasteiger partial charge on any atom is -0.504 e. The standard InChI is InChI=1S/C22H20O7/c23-17-3-1-12(9-19(17)25)5-15-7-14(11-21(27)28)8-16(22(15)29)6-13-2-4-18(24)20(26)10-13/h1-6,9-10,14,23-26H,7-8,11H2,(H,27,28)/b15-5+,16-6+. The number of ketones is 1. The number of phenolic OH excluding ortho intramolecular Hbond substituents is 4. The highest BCUT2D eigenvalue weighted by atomic mass is 16.4. The number of carbonyl (C=O) groups excluding carboxylic acids is 1. The van der Waals surface area contributed by atoms with Crippen LogP contribution in [0, 0.1) is 5.92 Å². The molecule has 7 nitrogen and oxygen atoms in total. The van der Waals surface area contributed by atoms with E-state index in [0.717, 1.165) is 0 Å². The van der Waals surface area contributed by atoms with Gasteiger partial charge in [-0.05, 0) is 66.3 Å². The smallest absolute Gasteiger partial charge is 0.303 e. The van der Waals surface area contributed by atoms with E-state index >= 15 is 0 Å². The summed E-state index contributed by atoms with van der Waals surface area (Å²) in [6.07, 6.45) is 3.56. The van der Waals surface area contributed by atoms with E-state index in [-0.39, 0.29) is 54.0 Å². The molecule has 1 saturated carbocycles. The van der Waals surface area contributed by atoms with Crippen molar-refractivity contribution < 1.29 is 35.1 Å². The number of aliphatic carboxylic acids is 1. The van der Waals surface area contributed by atoms with Gasteiger partial charge in [0.15, 0.2) is 28.8 Å². The van der Waals surface area contributed by atoms with Crippen molar-refractivity contribution in [2.45, 2.75) is 19.3 Å². The maximum atomic E-state index is 13.0. The summed E-state index contributed by atoms with van der Waals surface area (Å²) < 4.78 is 0. The fourth-order valence-electron chi connectivity index (χ4n) is 3.39. The molecule has 0 spiro atoms. The Morgan fingerprint density at radius 3 is 1.66 bits per heavy atom. The molecule has 0 atom stereocenters. The Labute approximate surface area is 166 Å². The molecule has 7 heteroatoms. The zero-order valence-electron chi connectivity index (χ0n) is 15.4. The van der Waals surface area contributed by atoms with E-state index in [1.54, 1.807) is 12.2 Å². The average molecular weight is 396 g/mol. The first-order valence-electron chi connectivity index (χ1n) is 8.94. The molecule has 1 aliphatic carbocycles. The Morgan fingerprint density at radius 1 is 0.828 bits per heavy atom. The highest BCUT2D eigenvalue weighted by molar-refractivity contribution is 6.14. The van der Waals surface area contributed by atoms with Crippen LogP contribution in [0.3, 0.4) is 0 Å². The molecule has 0 amide bonds. The molecule has 150 valence electrons. The number of benzene rings is 2. The fourth-order valence-corrected chi connectivity index (χ4v) is 3.39. The van der Waals surface area contributed by atoms with Crippen LogP contribution >= 0.6 is 0 Å². The number of Topliss-reactive ketones (excluding diaryl/α,β-unsaturated/α-hetero) is 1. The van der Waals surface area contributed by atoms with E-state index in [1.165, 1.54) is 36.4 Å². The van der Waals surface area contributed by atoms with Crippen LogP contribution in [0.25, 0.3) is 12.2 Å². The van der Waals surface area contributed by atoms with Crippen LogP contribution in [0.15, 0.2) is 47.5 Å². The van der Waals surface area contributed by atoms with Gasteiger partial charge < -0.3 is 25.5 Å². The van der Waals surface area contributed by atoms with Gasteiger partial charge >= 0.3 is 5.97 Å². The molecule has 0 saturated heterocycles. The molecule has 29 heavy (non-hydrogen) atoms. The van der Waals surface area contributed by atoms with E-state index in [9.17, 15) is 35.1 Å². The Kier molecular flexibility index (Phi) is 5.59. The van der Waals surface area contributed by atoms with Gasteiger partial charge in [0.25, 0.3) is 0 Å². The summed E-state index contributed by atoms with van der Waals surface area (Å²) in [6, 6.07) is 8.32. The lowest BCUT2D eigenvalue weighted by Crippen LogP contribution is -2.22. The van der Waals surface area contributed by atoms with Crippen LogP contribution in [0.1, 0.15) is 30.4 Å². The van der Waals surface area contributed by atoms with Crippen LogP contribution < -0.4 is 0 Å². The molecule has 5 N–H and O–H groups in total. The van der Waals surface area contributed by atoms with E-state index < -0.39 is 5.97 Å². The molecule has 3 rings (SSSR count). The summed E-state index contributed by atoms with van der Waals surface area (Å²) >= 11 is 0. The predicted molar refractivity (Wildman–Crippen MR) is 105 cm³/mol. The second-order valence-electron chi connectivity index (χ2n) is 7.04. The van der Waals surface area contributed by atoms with Crippen LogP contribution in [-0.4, -0.2) is 37.3 Å². The van der Waals surface area contributed by atoms with Gasteiger partial charge in [-0.2, -0.15) is 0 Å². The van der Waals surface area contributed by atoms with E-state index in [4.69, 9.17) is 0 Å². The molecule has 0 radical (unpaired) electrons. The molecule has 0 bridgehead atoms. The van der Waals surface area contributed by atoms with Crippen molar-refractivity contribution in [3.05, 3.63) is 58.7 Å². The molecule has 0 aliphatic heterocycles. The van der Waals surface area contributed by atoms with Crippen molar-refractivity contribution in [1.29, 1.82) is 0 Å². The average Bonchev–Trinajstić information content (AvgIpc) is 2.64. The van der Waals surface area contributed by atoms with Crippen molar-refractivity contribution in [3.63, 3.8) is 0 Å². The Bertz CT molecular complexity index is 960. The van der Waals surface area contributed by atoms with Gasteiger partial charge in [0.1, 0.15) is 0 Å². The minimum atomic E-state index is -0.965. The topological polar surface area (TPSA) is 135 Å². The second kappa shape index (κ2) is 8.10. The van der Waals surface area contributed by atoms with Gasteiger partial charge in [0.05, 0.1) is 0 Å². The van der Waals surface area contributed by atoms with Gasteiger partial charge in [-0.3, -0.25) is 9.59 Å². The molecule has 0 unspecified atom stereocenters. The van der Waals surface area contributed by atoms with Crippen molar-refractivity contribution in [3.8, 4) is 23.0 Å². The number of carboxylic acid groups (broad SMARTS) is 1. The monoisotopic (exact) mass is 396 g/mol. The Hall–Kier alpha value is -3.74. The fraction of sp³-hybridized carbons (Fsp3) is 0.182. The largest absolute Gasteiger partial charge is 0.504 e. The van der Waals surface area contributed by atoms with E-state index in [0.29, 0.717) is 22.3 Å². The SMILES string of the molecule is O=C(O)CC1C/C(=C\c2ccc(O)c(O)c2)C(=O)/C(=C/c2ccc(O)c(O)c2)C1. The van der Waals surface area contributed by atoms with Gasteiger partial charge in [0.2, 0.25) is 0 Å². The van der Waals surface area contributed by atoms with Crippen molar-refractivity contribution in [2.24, 2.45) is 5.92 Å². The summed E-state index contributed by atoms with van der Waals surface area (Å²) in [5, 5.41) is 47.4. The zero-order valence-corrected chi connectivity index (χ0v) is 15.4. The highest BCUT2D eigenvalue weighted by Crippen LogP contribution is 2.36. The molecular formula is C22H20O7.